The molecular formula is C20H24N2O. The summed E-state index contributed by atoms with van der Waals surface area (Å²) in [6.07, 6.45) is 1.92. The van der Waals surface area contributed by atoms with Crippen molar-refractivity contribution in [2.75, 3.05) is 19.6 Å². The van der Waals surface area contributed by atoms with E-state index in [0.717, 1.165) is 25.9 Å². The van der Waals surface area contributed by atoms with Gasteiger partial charge in [-0.3, -0.25) is 9.69 Å². The fourth-order valence-electron chi connectivity index (χ4n) is 3.18. The van der Waals surface area contributed by atoms with Crippen LogP contribution in [0.3, 0.4) is 0 Å². The smallest absolute Gasteiger partial charge is 0.234 e. The van der Waals surface area contributed by atoms with Crippen LogP contribution in [-0.4, -0.2) is 30.4 Å². The monoisotopic (exact) mass is 308 g/mol. The largest absolute Gasteiger partial charge is 0.355 e. The summed E-state index contributed by atoms with van der Waals surface area (Å²) in [5.74, 6) is 0.123. The Labute approximate surface area is 138 Å². The first-order valence-electron chi connectivity index (χ1n) is 8.33. The average Bonchev–Trinajstić information content (AvgIpc) is 2.56. The number of rotatable bonds is 5. The molecule has 0 unspecified atom stereocenters. The zero-order valence-electron chi connectivity index (χ0n) is 13.7. The average molecular weight is 308 g/mol. The first-order chi connectivity index (χ1) is 11.2. The molecule has 2 aromatic carbocycles. The molecule has 1 aliphatic rings. The van der Waals surface area contributed by atoms with Gasteiger partial charge in [0.05, 0.1) is 6.54 Å². The first kappa shape index (κ1) is 15.8. The minimum atomic E-state index is 0.123. The normalized spacial score (nSPS) is 14.3. The van der Waals surface area contributed by atoms with Crippen LogP contribution in [0.25, 0.3) is 0 Å². The summed E-state index contributed by atoms with van der Waals surface area (Å²) in [5.41, 5.74) is 5.37. The van der Waals surface area contributed by atoms with Crippen LogP contribution in [0.4, 0.5) is 0 Å². The summed E-state index contributed by atoms with van der Waals surface area (Å²) < 4.78 is 0. The number of nitrogens with zero attached hydrogens (tertiary/aromatic N) is 1. The Hall–Kier alpha value is -2.13. The van der Waals surface area contributed by atoms with E-state index in [1.165, 1.54) is 22.3 Å². The van der Waals surface area contributed by atoms with Gasteiger partial charge in [0.1, 0.15) is 0 Å². The minimum Gasteiger partial charge on any atom is -0.355 e. The standard InChI is InChI=1S/C20H24N2O/c1-16-6-2-3-7-17(16)10-12-21-20(23)15-22-13-11-18-8-4-5-9-19(18)14-22/h2-9H,10-15H2,1H3,(H,21,23). The van der Waals surface area contributed by atoms with Crippen molar-refractivity contribution in [1.82, 2.24) is 10.2 Å². The molecule has 2 aromatic rings. The van der Waals surface area contributed by atoms with Crippen LogP contribution in [-0.2, 0) is 24.2 Å². The Kier molecular flexibility index (Phi) is 5.09. The van der Waals surface area contributed by atoms with E-state index >= 15 is 0 Å². The second-order valence-corrected chi connectivity index (χ2v) is 6.26. The number of carbonyl (C=O) groups is 1. The zero-order chi connectivity index (χ0) is 16.1. The maximum Gasteiger partial charge on any atom is 0.234 e. The van der Waals surface area contributed by atoms with Crippen molar-refractivity contribution >= 4 is 5.91 Å². The molecule has 0 atom stereocenters. The van der Waals surface area contributed by atoms with Gasteiger partial charge in [-0.25, -0.2) is 0 Å². The number of carbonyl (C=O) groups excluding carboxylic acids is 1. The van der Waals surface area contributed by atoms with Crippen LogP contribution in [0.1, 0.15) is 22.3 Å². The van der Waals surface area contributed by atoms with Crippen molar-refractivity contribution in [1.29, 1.82) is 0 Å². The summed E-state index contributed by atoms with van der Waals surface area (Å²) in [7, 11) is 0. The summed E-state index contributed by atoms with van der Waals surface area (Å²) in [4.78, 5) is 14.4. The van der Waals surface area contributed by atoms with Gasteiger partial charge in [0.15, 0.2) is 0 Å². The van der Waals surface area contributed by atoms with E-state index in [1.54, 1.807) is 0 Å². The van der Waals surface area contributed by atoms with Gasteiger partial charge in [0.2, 0.25) is 5.91 Å². The fraction of sp³-hybridized carbons (Fsp3) is 0.350. The van der Waals surface area contributed by atoms with E-state index in [-0.39, 0.29) is 5.91 Å². The van der Waals surface area contributed by atoms with E-state index in [2.05, 4.69) is 59.6 Å². The summed E-state index contributed by atoms with van der Waals surface area (Å²) in [5, 5.41) is 3.05. The lowest BCUT2D eigenvalue weighted by molar-refractivity contribution is -0.122. The number of nitrogens with one attached hydrogen (secondary N) is 1. The van der Waals surface area contributed by atoms with Crippen molar-refractivity contribution in [2.45, 2.75) is 26.3 Å². The van der Waals surface area contributed by atoms with Crippen molar-refractivity contribution in [2.24, 2.45) is 0 Å². The number of amides is 1. The van der Waals surface area contributed by atoms with Crippen molar-refractivity contribution < 1.29 is 4.79 Å². The number of hydrogen-bond acceptors (Lipinski definition) is 2. The Balaban J connectivity index is 1.44. The first-order valence-corrected chi connectivity index (χ1v) is 8.33. The third kappa shape index (κ3) is 4.20. The molecule has 23 heavy (non-hydrogen) atoms. The van der Waals surface area contributed by atoms with Gasteiger partial charge < -0.3 is 5.32 Å². The van der Waals surface area contributed by atoms with Gasteiger partial charge in [-0.05, 0) is 42.0 Å². The Morgan fingerprint density at radius 3 is 2.65 bits per heavy atom. The lowest BCUT2D eigenvalue weighted by Crippen LogP contribution is -2.40. The molecule has 3 rings (SSSR count). The van der Waals surface area contributed by atoms with E-state index in [4.69, 9.17) is 0 Å². The Morgan fingerprint density at radius 1 is 1.09 bits per heavy atom. The quantitative estimate of drug-likeness (QED) is 0.921. The minimum absolute atomic E-state index is 0.123. The number of benzene rings is 2. The highest BCUT2D eigenvalue weighted by Crippen LogP contribution is 2.17. The third-order valence-corrected chi connectivity index (χ3v) is 4.55. The molecule has 1 N–H and O–H groups in total. The van der Waals surface area contributed by atoms with E-state index in [1.807, 2.05) is 6.07 Å². The molecule has 0 fully saturated rings. The maximum absolute atomic E-state index is 12.1. The van der Waals surface area contributed by atoms with Crippen LogP contribution < -0.4 is 5.32 Å². The molecule has 0 aliphatic carbocycles. The highest BCUT2D eigenvalue weighted by atomic mass is 16.2. The Morgan fingerprint density at radius 2 is 1.83 bits per heavy atom. The molecule has 120 valence electrons. The summed E-state index contributed by atoms with van der Waals surface area (Å²) in [6.45, 7) is 5.14. The lowest BCUT2D eigenvalue weighted by atomic mass is 10.00. The van der Waals surface area contributed by atoms with Gasteiger partial charge in [-0.15, -0.1) is 0 Å². The number of aryl methyl sites for hydroxylation is 1. The van der Waals surface area contributed by atoms with E-state index < -0.39 is 0 Å². The summed E-state index contributed by atoms with van der Waals surface area (Å²) >= 11 is 0. The molecule has 0 saturated carbocycles. The maximum atomic E-state index is 12.1. The molecule has 0 radical (unpaired) electrons. The van der Waals surface area contributed by atoms with Gasteiger partial charge >= 0.3 is 0 Å². The van der Waals surface area contributed by atoms with Crippen LogP contribution in [0.2, 0.25) is 0 Å². The second-order valence-electron chi connectivity index (χ2n) is 6.26. The second kappa shape index (κ2) is 7.42. The topological polar surface area (TPSA) is 32.3 Å². The molecule has 3 heteroatoms. The number of fused-ring (bicyclic) bond motifs is 1. The highest BCUT2D eigenvalue weighted by Gasteiger charge is 2.17. The predicted octanol–water partition coefficient (Wildman–Crippen LogP) is 2.71. The molecule has 1 heterocycles. The van der Waals surface area contributed by atoms with Gasteiger partial charge in [0.25, 0.3) is 0 Å². The fourth-order valence-corrected chi connectivity index (χ4v) is 3.18. The SMILES string of the molecule is Cc1ccccc1CCNC(=O)CN1CCc2ccccc2C1. The molecule has 1 aliphatic heterocycles. The van der Waals surface area contributed by atoms with Crippen LogP contribution >= 0.6 is 0 Å². The molecule has 0 aromatic heterocycles. The predicted molar refractivity (Wildman–Crippen MR) is 93.3 cm³/mol. The molecular weight excluding hydrogens is 284 g/mol. The molecule has 3 nitrogen and oxygen atoms in total. The van der Waals surface area contributed by atoms with Gasteiger partial charge in [-0.2, -0.15) is 0 Å². The van der Waals surface area contributed by atoms with Crippen molar-refractivity contribution in [3.05, 3.63) is 70.8 Å². The number of hydrogen-bond donors (Lipinski definition) is 1. The van der Waals surface area contributed by atoms with Crippen molar-refractivity contribution in [3.8, 4) is 0 Å². The molecule has 0 bridgehead atoms. The van der Waals surface area contributed by atoms with Crippen LogP contribution in [0.15, 0.2) is 48.5 Å². The van der Waals surface area contributed by atoms with Gasteiger partial charge in [0, 0.05) is 19.6 Å². The van der Waals surface area contributed by atoms with E-state index in [9.17, 15) is 4.79 Å². The van der Waals surface area contributed by atoms with Crippen molar-refractivity contribution in [3.63, 3.8) is 0 Å². The summed E-state index contributed by atoms with van der Waals surface area (Å²) in [6, 6.07) is 16.9. The highest BCUT2D eigenvalue weighted by molar-refractivity contribution is 5.78. The molecule has 0 saturated heterocycles. The lowest BCUT2D eigenvalue weighted by Gasteiger charge is -2.28. The molecule has 1 amide bonds. The zero-order valence-corrected chi connectivity index (χ0v) is 13.7. The van der Waals surface area contributed by atoms with Crippen LogP contribution in [0.5, 0.6) is 0 Å². The van der Waals surface area contributed by atoms with Crippen LogP contribution in [0, 0.1) is 6.92 Å². The molecule has 0 spiro atoms. The Bertz CT molecular complexity index is 681. The third-order valence-electron chi connectivity index (χ3n) is 4.55. The van der Waals surface area contributed by atoms with E-state index in [0.29, 0.717) is 13.1 Å². The van der Waals surface area contributed by atoms with Gasteiger partial charge in [-0.1, -0.05) is 48.5 Å².